The molecule has 4 aromatic rings. The fraction of sp³-hybridized carbons (Fsp3) is 0.219. The maximum atomic E-state index is 10.7. The van der Waals surface area contributed by atoms with Gasteiger partial charge in [0, 0.05) is 36.0 Å². The van der Waals surface area contributed by atoms with Crippen LogP contribution in [0.1, 0.15) is 46.4 Å². The van der Waals surface area contributed by atoms with E-state index in [0.717, 1.165) is 12.4 Å². The van der Waals surface area contributed by atoms with Gasteiger partial charge in [-0.05, 0) is 22.3 Å². The van der Waals surface area contributed by atoms with Crippen LogP contribution in [-0.2, 0) is 0 Å². The standard InChI is InChI=1S/C32H29N3O/c36-33-28-26-29(22-13-5-1-6-14-22)34-21-35(30(26)23-15-7-2-8-16-23)32(25-19-11-4-12-20-25)27(28)31(34)24-17-9-3-10-18-24/h1-20,26-27,29-32,36H,21H2. The van der Waals surface area contributed by atoms with Crippen molar-refractivity contribution in [2.24, 2.45) is 17.0 Å². The molecule has 0 spiro atoms. The van der Waals surface area contributed by atoms with Crippen molar-refractivity contribution in [1.82, 2.24) is 9.80 Å². The molecule has 4 saturated heterocycles. The van der Waals surface area contributed by atoms with Crippen molar-refractivity contribution in [2.75, 3.05) is 6.67 Å². The van der Waals surface area contributed by atoms with Crippen LogP contribution in [-0.4, -0.2) is 27.4 Å². The zero-order valence-corrected chi connectivity index (χ0v) is 20.0. The van der Waals surface area contributed by atoms with Gasteiger partial charge in [0.1, 0.15) is 0 Å². The summed E-state index contributed by atoms with van der Waals surface area (Å²) in [6, 6.07) is 43.7. The van der Waals surface area contributed by atoms with E-state index in [1.807, 2.05) is 0 Å². The smallest absolute Gasteiger partial charge is 0.0708 e. The molecule has 8 rings (SSSR count). The Labute approximate surface area is 212 Å². The van der Waals surface area contributed by atoms with Crippen molar-refractivity contribution in [3.05, 3.63) is 144 Å². The van der Waals surface area contributed by atoms with E-state index in [9.17, 15) is 5.21 Å². The number of hydrogen-bond donors (Lipinski definition) is 1. The highest BCUT2D eigenvalue weighted by Gasteiger charge is 2.64. The Morgan fingerprint density at radius 2 is 0.750 bits per heavy atom. The van der Waals surface area contributed by atoms with E-state index in [1.54, 1.807) is 0 Å². The molecule has 178 valence electrons. The van der Waals surface area contributed by atoms with Crippen LogP contribution >= 0.6 is 0 Å². The first-order chi connectivity index (χ1) is 17.9. The topological polar surface area (TPSA) is 39.1 Å². The zero-order valence-electron chi connectivity index (χ0n) is 20.0. The molecule has 4 atom stereocenters. The minimum absolute atomic E-state index is 0.0541. The molecule has 4 fully saturated rings. The predicted molar refractivity (Wildman–Crippen MR) is 141 cm³/mol. The first kappa shape index (κ1) is 21.5. The molecule has 1 N–H and O–H groups in total. The average molecular weight is 472 g/mol. The van der Waals surface area contributed by atoms with Crippen LogP contribution in [0.15, 0.2) is 126 Å². The first-order valence-corrected chi connectivity index (χ1v) is 12.8. The molecule has 4 nitrogen and oxygen atoms in total. The summed E-state index contributed by atoms with van der Waals surface area (Å²) in [5, 5.41) is 14.9. The fourth-order valence-electron chi connectivity index (χ4n) is 7.26. The lowest BCUT2D eigenvalue weighted by atomic mass is 9.60. The van der Waals surface area contributed by atoms with Gasteiger partial charge in [0.25, 0.3) is 0 Å². The molecule has 36 heavy (non-hydrogen) atoms. The Morgan fingerprint density at radius 1 is 0.472 bits per heavy atom. The summed E-state index contributed by atoms with van der Waals surface area (Å²) in [5.41, 5.74) is 6.04. The van der Waals surface area contributed by atoms with E-state index >= 15 is 0 Å². The zero-order chi connectivity index (χ0) is 24.1. The minimum Gasteiger partial charge on any atom is -0.411 e. The van der Waals surface area contributed by atoms with Crippen LogP contribution in [0.5, 0.6) is 0 Å². The summed E-state index contributed by atoms with van der Waals surface area (Å²) in [6.45, 7) is 0.851. The van der Waals surface area contributed by atoms with Crippen molar-refractivity contribution in [1.29, 1.82) is 0 Å². The van der Waals surface area contributed by atoms with Gasteiger partial charge in [0.15, 0.2) is 0 Å². The molecule has 4 aliphatic heterocycles. The summed E-state index contributed by atoms with van der Waals surface area (Å²) >= 11 is 0. The average Bonchev–Trinajstić information content (AvgIpc) is 2.95. The Hall–Kier alpha value is -3.73. The third kappa shape index (κ3) is 3.18. The Morgan fingerprint density at radius 3 is 1.00 bits per heavy atom. The lowest BCUT2D eigenvalue weighted by Crippen LogP contribution is -2.70. The number of nitrogens with zero attached hydrogens (tertiary/aromatic N) is 3. The summed E-state index contributed by atoms with van der Waals surface area (Å²) in [6.07, 6.45) is 0. The molecule has 4 aliphatic rings. The maximum Gasteiger partial charge on any atom is 0.0708 e. The first-order valence-electron chi connectivity index (χ1n) is 12.8. The molecule has 4 heterocycles. The van der Waals surface area contributed by atoms with Gasteiger partial charge in [-0.25, -0.2) is 0 Å². The quantitative estimate of drug-likeness (QED) is 0.269. The summed E-state index contributed by atoms with van der Waals surface area (Å²) in [5.74, 6) is 0.108. The van der Waals surface area contributed by atoms with Gasteiger partial charge in [-0.2, -0.15) is 0 Å². The van der Waals surface area contributed by atoms with Crippen molar-refractivity contribution in [3.8, 4) is 0 Å². The summed E-state index contributed by atoms with van der Waals surface area (Å²) in [7, 11) is 0. The normalized spacial score (nSPS) is 32.4. The molecule has 4 heteroatoms. The second-order valence-electron chi connectivity index (χ2n) is 10.2. The largest absolute Gasteiger partial charge is 0.411 e. The molecule has 4 unspecified atom stereocenters. The third-order valence-corrected chi connectivity index (χ3v) is 8.48. The van der Waals surface area contributed by atoms with Gasteiger partial charge in [-0.15, -0.1) is 0 Å². The van der Waals surface area contributed by atoms with Crippen molar-refractivity contribution < 1.29 is 5.21 Å². The SMILES string of the molecule is ON=C1C2C(c3ccccc3)N3CN(C2c2ccccc2)C(c2ccccc2)C1C3c1ccccc1. The van der Waals surface area contributed by atoms with Gasteiger partial charge >= 0.3 is 0 Å². The van der Waals surface area contributed by atoms with Crippen LogP contribution in [0.3, 0.4) is 0 Å². The van der Waals surface area contributed by atoms with Crippen LogP contribution in [0, 0.1) is 11.8 Å². The van der Waals surface area contributed by atoms with E-state index in [0.29, 0.717) is 0 Å². The minimum atomic E-state index is 0.0541. The highest BCUT2D eigenvalue weighted by Crippen LogP contribution is 2.64. The van der Waals surface area contributed by atoms with Crippen LogP contribution in [0.2, 0.25) is 0 Å². The molecule has 4 aromatic carbocycles. The van der Waals surface area contributed by atoms with Gasteiger partial charge in [0.2, 0.25) is 0 Å². The van der Waals surface area contributed by atoms with Crippen LogP contribution < -0.4 is 0 Å². The maximum absolute atomic E-state index is 10.7. The lowest BCUT2D eigenvalue weighted by Gasteiger charge is -2.67. The predicted octanol–water partition coefficient (Wildman–Crippen LogP) is 6.62. The fourth-order valence-corrected chi connectivity index (χ4v) is 7.26. The summed E-state index contributed by atoms with van der Waals surface area (Å²) < 4.78 is 0. The highest BCUT2D eigenvalue weighted by molar-refractivity contribution is 5.94. The Bertz CT molecular complexity index is 1160. The number of rotatable bonds is 4. The second-order valence-corrected chi connectivity index (χ2v) is 10.2. The van der Waals surface area contributed by atoms with Gasteiger partial charge in [-0.3, -0.25) is 9.80 Å². The third-order valence-electron chi connectivity index (χ3n) is 8.48. The molecular formula is C32H29N3O. The van der Waals surface area contributed by atoms with Crippen molar-refractivity contribution in [2.45, 2.75) is 24.2 Å². The van der Waals surface area contributed by atoms with Crippen molar-refractivity contribution >= 4 is 5.71 Å². The number of oxime groups is 1. The van der Waals surface area contributed by atoms with Crippen LogP contribution in [0.4, 0.5) is 0 Å². The van der Waals surface area contributed by atoms with Gasteiger partial charge in [0.05, 0.1) is 12.4 Å². The molecular weight excluding hydrogens is 442 g/mol. The van der Waals surface area contributed by atoms with Crippen molar-refractivity contribution in [3.63, 3.8) is 0 Å². The van der Waals surface area contributed by atoms with E-state index in [4.69, 9.17) is 0 Å². The second kappa shape index (κ2) is 8.74. The molecule has 0 amide bonds. The molecule has 4 bridgehead atoms. The number of benzene rings is 4. The molecule has 0 aliphatic carbocycles. The molecule has 0 radical (unpaired) electrons. The summed E-state index contributed by atoms with van der Waals surface area (Å²) in [4.78, 5) is 5.32. The van der Waals surface area contributed by atoms with Gasteiger partial charge in [-0.1, -0.05) is 126 Å². The van der Waals surface area contributed by atoms with E-state index in [-0.39, 0.29) is 36.0 Å². The van der Waals surface area contributed by atoms with E-state index in [1.165, 1.54) is 22.3 Å². The Kier molecular flexibility index (Phi) is 5.23. The molecule has 0 aromatic heterocycles. The van der Waals surface area contributed by atoms with Gasteiger partial charge < -0.3 is 5.21 Å². The van der Waals surface area contributed by atoms with E-state index in [2.05, 4.69) is 136 Å². The lowest BCUT2D eigenvalue weighted by molar-refractivity contribution is -0.160. The van der Waals surface area contributed by atoms with Crippen LogP contribution in [0.25, 0.3) is 0 Å². The Balaban J connectivity index is 1.48. The van der Waals surface area contributed by atoms with E-state index < -0.39 is 0 Å². The number of piperidine rings is 2. The number of hydrogen-bond acceptors (Lipinski definition) is 4. The monoisotopic (exact) mass is 471 g/mol. The molecule has 0 saturated carbocycles. The highest BCUT2D eigenvalue weighted by atomic mass is 16.4.